The van der Waals surface area contributed by atoms with E-state index in [1.807, 2.05) is 0 Å². The third kappa shape index (κ3) is 4.42. The third-order valence-corrected chi connectivity index (χ3v) is 4.02. The Morgan fingerprint density at radius 2 is 1.69 bits per heavy atom. The average Bonchev–Trinajstić information content (AvgIpc) is 2.68. The molecule has 0 aliphatic carbocycles. The molecule has 1 heterocycles. The van der Waals surface area contributed by atoms with E-state index in [4.69, 9.17) is 4.74 Å². The highest BCUT2D eigenvalue weighted by Crippen LogP contribution is 2.29. The van der Waals surface area contributed by atoms with Crippen molar-refractivity contribution in [2.24, 2.45) is 0 Å². The monoisotopic (exact) mass is 405 g/mol. The van der Waals surface area contributed by atoms with Gasteiger partial charge in [0.25, 0.3) is 11.5 Å². The summed E-state index contributed by atoms with van der Waals surface area (Å²) in [6.45, 7) is 1.30. The Morgan fingerprint density at radius 1 is 1.07 bits per heavy atom. The van der Waals surface area contributed by atoms with Gasteiger partial charge in [-0.25, -0.2) is 9.89 Å². The summed E-state index contributed by atoms with van der Waals surface area (Å²) < 4.78 is 42.8. The van der Waals surface area contributed by atoms with Crippen molar-refractivity contribution in [1.29, 1.82) is 0 Å². The van der Waals surface area contributed by atoms with Gasteiger partial charge in [0.15, 0.2) is 11.8 Å². The Morgan fingerprint density at radius 3 is 2.31 bits per heavy atom. The molecule has 0 saturated heterocycles. The lowest BCUT2D eigenvalue weighted by atomic mass is 10.1. The maximum absolute atomic E-state index is 12.6. The van der Waals surface area contributed by atoms with Crippen molar-refractivity contribution in [2.75, 3.05) is 5.32 Å². The molecule has 10 heteroatoms. The van der Waals surface area contributed by atoms with Crippen molar-refractivity contribution in [2.45, 2.75) is 19.2 Å². The van der Waals surface area contributed by atoms with Crippen molar-refractivity contribution in [3.05, 3.63) is 70.1 Å². The molecule has 29 heavy (non-hydrogen) atoms. The second-order valence-electron chi connectivity index (χ2n) is 6.06. The van der Waals surface area contributed by atoms with E-state index in [0.29, 0.717) is 0 Å². The SMILES string of the molecule is C[C@H](OC(=O)c1n[nH]c(=O)c2ccccc12)C(=O)Nc1ccc(C(F)(F)F)cc1. The molecule has 0 aliphatic rings. The molecule has 3 aromatic rings. The second-order valence-corrected chi connectivity index (χ2v) is 6.06. The lowest BCUT2D eigenvalue weighted by Crippen LogP contribution is -2.30. The van der Waals surface area contributed by atoms with Crippen LogP contribution in [0.3, 0.4) is 0 Å². The predicted octanol–water partition coefficient (Wildman–Crippen LogP) is 3.13. The Labute approximate surface area is 161 Å². The van der Waals surface area contributed by atoms with Gasteiger partial charge in [-0.15, -0.1) is 0 Å². The molecule has 7 nitrogen and oxygen atoms in total. The van der Waals surface area contributed by atoms with E-state index in [0.717, 1.165) is 24.3 Å². The van der Waals surface area contributed by atoms with Crippen LogP contribution in [-0.4, -0.2) is 28.2 Å². The maximum Gasteiger partial charge on any atom is 0.416 e. The van der Waals surface area contributed by atoms with Crippen LogP contribution in [0.1, 0.15) is 23.0 Å². The van der Waals surface area contributed by atoms with Crippen LogP contribution in [0, 0.1) is 0 Å². The predicted molar refractivity (Wildman–Crippen MR) is 97.3 cm³/mol. The summed E-state index contributed by atoms with van der Waals surface area (Å²) >= 11 is 0. The van der Waals surface area contributed by atoms with Crippen molar-refractivity contribution in [1.82, 2.24) is 10.2 Å². The number of esters is 1. The van der Waals surface area contributed by atoms with Crippen LogP contribution in [0.15, 0.2) is 53.3 Å². The van der Waals surface area contributed by atoms with Gasteiger partial charge in [-0.1, -0.05) is 18.2 Å². The van der Waals surface area contributed by atoms with E-state index in [-0.39, 0.29) is 22.2 Å². The van der Waals surface area contributed by atoms with Crippen molar-refractivity contribution >= 4 is 28.3 Å². The number of halogens is 3. The molecule has 2 N–H and O–H groups in total. The topological polar surface area (TPSA) is 101 Å². The van der Waals surface area contributed by atoms with E-state index >= 15 is 0 Å². The molecule has 1 amide bonds. The van der Waals surface area contributed by atoms with Crippen molar-refractivity contribution in [3.8, 4) is 0 Å². The Balaban J connectivity index is 1.71. The zero-order valence-electron chi connectivity index (χ0n) is 14.9. The quantitative estimate of drug-likeness (QED) is 0.650. The molecule has 0 spiro atoms. The molecular formula is C19H14F3N3O4. The summed E-state index contributed by atoms with van der Waals surface area (Å²) in [5, 5.41) is 8.72. The number of carbonyl (C=O) groups is 2. The molecule has 1 aromatic heterocycles. The van der Waals surface area contributed by atoms with Gasteiger partial charge in [0.05, 0.1) is 10.9 Å². The van der Waals surface area contributed by atoms with E-state index in [2.05, 4.69) is 15.5 Å². The molecule has 1 atom stereocenters. The smallest absolute Gasteiger partial charge is 0.416 e. The van der Waals surface area contributed by atoms with Gasteiger partial charge in [0, 0.05) is 11.1 Å². The first kappa shape index (κ1) is 20.1. The van der Waals surface area contributed by atoms with Crippen LogP contribution in [-0.2, 0) is 15.7 Å². The van der Waals surface area contributed by atoms with Gasteiger partial charge in [-0.2, -0.15) is 18.3 Å². The second kappa shape index (κ2) is 7.74. The highest BCUT2D eigenvalue weighted by atomic mass is 19.4. The lowest BCUT2D eigenvalue weighted by Gasteiger charge is -2.14. The van der Waals surface area contributed by atoms with E-state index in [1.54, 1.807) is 12.1 Å². The van der Waals surface area contributed by atoms with Crippen LogP contribution in [0.4, 0.5) is 18.9 Å². The number of nitrogens with one attached hydrogen (secondary N) is 2. The summed E-state index contributed by atoms with van der Waals surface area (Å²) in [6, 6.07) is 10.1. The first-order valence-electron chi connectivity index (χ1n) is 8.33. The van der Waals surface area contributed by atoms with Crippen molar-refractivity contribution in [3.63, 3.8) is 0 Å². The number of hydrogen-bond acceptors (Lipinski definition) is 5. The fourth-order valence-electron chi connectivity index (χ4n) is 2.53. The highest BCUT2D eigenvalue weighted by Gasteiger charge is 2.30. The molecule has 2 aromatic carbocycles. The third-order valence-electron chi connectivity index (χ3n) is 4.02. The lowest BCUT2D eigenvalue weighted by molar-refractivity contribution is -0.137. The van der Waals surface area contributed by atoms with Gasteiger partial charge in [-0.3, -0.25) is 9.59 Å². The number of amides is 1. The summed E-state index contributed by atoms with van der Waals surface area (Å²) in [5.41, 5.74) is -1.40. The average molecular weight is 405 g/mol. The minimum Gasteiger partial charge on any atom is -0.448 e. The molecular weight excluding hydrogens is 391 g/mol. The number of nitrogens with zero attached hydrogens (tertiary/aromatic N) is 1. The standard InChI is InChI=1S/C19H14F3N3O4/c1-10(16(26)23-12-8-6-11(7-9-12)19(20,21)22)29-18(28)15-13-4-2-3-5-14(13)17(27)25-24-15/h2-10H,1H3,(H,23,26)(H,25,27)/t10-/m0/s1. The minimum atomic E-state index is -4.49. The van der Waals surface area contributed by atoms with E-state index < -0.39 is 35.3 Å². The largest absolute Gasteiger partial charge is 0.448 e. The van der Waals surface area contributed by atoms with Gasteiger partial charge in [0.2, 0.25) is 0 Å². The Kier molecular flexibility index (Phi) is 5.35. The van der Waals surface area contributed by atoms with Gasteiger partial charge < -0.3 is 10.1 Å². The first-order chi connectivity index (χ1) is 13.7. The summed E-state index contributed by atoms with van der Waals surface area (Å²) in [5.74, 6) is -1.68. The number of fused-ring (bicyclic) bond motifs is 1. The molecule has 0 saturated carbocycles. The Bertz CT molecular complexity index is 1120. The van der Waals surface area contributed by atoms with Crippen LogP contribution in [0.5, 0.6) is 0 Å². The number of ether oxygens (including phenoxy) is 1. The Hall–Kier alpha value is -3.69. The summed E-state index contributed by atoms with van der Waals surface area (Å²) in [4.78, 5) is 36.3. The number of aromatic amines is 1. The minimum absolute atomic E-state index is 0.110. The highest BCUT2D eigenvalue weighted by molar-refractivity contribution is 6.03. The molecule has 0 fully saturated rings. The van der Waals surface area contributed by atoms with Crippen molar-refractivity contribution < 1.29 is 27.5 Å². The number of H-pyrrole nitrogens is 1. The van der Waals surface area contributed by atoms with E-state index in [9.17, 15) is 27.6 Å². The number of rotatable bonds is 4. The van der Waals surface area contributed by atoms with Crippen LogP contribution >= 0.6 is 0 Å². The number of carbonyl (C=O) groups excluding carboxylic acids is 2. The van der Waals surface area contributed by atoms with Gasteiger partial charge in [-0.05, 0) is 37.3 Å². The molecule has 3 rings (SSSR count). The molecule has 0 unspecified atom stereocenters. The number of hydrogen-bond donors (Lipinski definition) is 2. The molecule has 0 bridgehead atoms. The number of alkyl halides is 3. The fourth-order valence-corrected chi connectivity index (χ4v) is 2.53. The zero-order valence-corrected chi connectivity index (χ0v) is 14.9. The number of benzene rings is 2. The zero-order chi connectivity index (χ0) is 21.2. The fraction of sp³-hybridized carbons (Fsp3) is 0.158. The van der Waals surface area contributed by atoms with Crippen LogP contribution in [0.2, 0.25) is 0 Å². The maximum atomic E-state index is 12.6. The summed E-state index contributed by atoms with van der Waals surface area (Å²) in [6.07, 6.45) is -5.75. The normalized spacial score (nSPS) is 12.4. The molecule has 150 valence electrons. The van der Waals surface area contributed by atoms with Crippen LogP contribution < -0.4 is 10.9 Å². The number of anilines is 1. The van der Waals surface area contributed by atoms with E-state index in [1.165, 1.54) is 19.1 Å². The first-order valence-corrected chi connectivity index (χ1v) is 8.33. The molecule has 0 radical (unpaired) electrons. The van der Waals surface area contributed by atoms with Gasteiger partial charge in [0.1, 0.15) is 0 Å². The number of aromatic nitrogens is 2. The van der Waals surface area contributed by atoms with Gasteiger partial charge >= 0.3 is 12.1 Å². The van der Waals surface area contributed by atoms with Crippen LogP contribution in [0.25, 0.3) is 10.8 Å². The molecule has 0 aliphatic heterocycles. The summed E-state index contributed by atoms with van der Waals surface area (Å²) in [7, 11) is 0.